The maximum Gasteiger partial charge on any atom is 0.190 e. The van der Waals surface area contributed by atoms with E-state index in [9.17, 15) is 0 Å². The van der Waals surface area contributed by atoms with E-state index in [2.05, 4.69) is 57.0 Å². The Balaban J connectivity index is 2.06. The van der Waals surface area contributed by atoms with Gasteiger partial charge < -0.3 is 4.90 Å². The fraction of sp³-hybridized carbons (Fsp3) is 0.308. The van der Waals surface area contributed by atoms with Crippen molar-refractivity contribution in [1.82, 2.24) is 4.98 Å². The van der Waals surface area contributed by atoms with Gasteiger partial charge in [-0.15, -0.1) is 11.3 Å². The monoisotopic (exact) mass is 308 g/mol. The van der Waals surface area contributed by atoms with Gasteiger partial charge in [-0.05, 0) is 39.9 Å². The van der Waals surface area contributed by atoms with Crippen molar-refractivity contribution in [3.8, 4) is 0 Å². The topological polar surface area (TPSA) is 16.1 Å². The minimum Gasteiger partial charge on any atom is -0.317 e. The molecule has 0 N–H and O–H groups in total. The number of aromatic nitrogens is 1. The first-order valence-electron chi connectivity index (χ1n) is 5.70. The van der Waals surface area contributed by atoms with Crippen molar-refractivity contribution < 1.29 is 0 Å². The lowest BCUT2D eigenvalue weighted by molar-refractivity contribution is 0.562. The molecule has 1 aliphatic rings. The molecule has 3 rings (SSSR count). The first-order valence-corrected chi connectivity index (χ1v) is 7.38. The predicted molar refractivity (Wildman–Crippen MR) is 76.1 cm³/mol. The molecule has 1 aromatic heterocycles. The molecule has 0 amide bonds. The van der Waals surface area contributed by atoms with E-state index in [1.54, 1.807) is 11.3 Å². The highest BCUT2D eigenvalue weighted by Gasteiger charge is 2.24. The Kier molecular flexibility index (Phi) is 2.92. The van der Waals surface area contributed by atoms with Gasteiger partial charge in [0.05, 0.1) is 0 Å². The van der Waals surface area contributed by atoms with Gasteiger partial charge in [-0.1, -0.05) is 25.1 Å². The SMILES string of the molecule is CC1Cc2ccccc2N(c2nc(Br)cs2)C1. The van der Waals surface area contributed by atoms with Crippen LogP contribution in [0, 0.1) is 5.92 Å². The van der Waals surface area contributed by atoms with Gasteiger partial charge in [0, 0.05) is 17.6 Å². The second-order valence-electron chi connectivity index (χ2n) is 4.50. The first kappa shape index (κ1) is 11.2. The molecule has 1 aromatic carbocycles. The molecule has 88 valence electrons. The molecule has 0 bridgehead atoms. The standard InChI is InChI=1S/C13H13BrN2S/c1-9-6-10-4-2-3-5-11(10)16(7-9)13-15-12(14)8-17-13/h2-5,8-9H,6-7H2,1H3. The summed E-state index contributed by atoms with van der Waals surface area (Å²) in [5, 5.41) is 3.12. The Morgan fingerprint density at radius 1 is 1.41 bits per heavy atom. The second kappa shape index (κ2) is 4.42. The number of hydrogen-bond acceptors (Lipinski definition) is 3. The number of nitrogens with zero attached hydrogens (tertiary/aromatic N) is 2. The van der Waals surface area contributed by atoms with Crippen LogP contribution in [0.4, 0.5) is 10.8 Å². The maximum absolute atomic E-state index is 4.53. The van der Waals surface area contributed by atoms with Crippen LogP contribution >= 0.6 is 27.3 Å². The van der Waals surface area contributed by atoms with Gasteiger partial charge in [-0.2, -0.15) is 0 Å². The minimum absolute atomic E-state index is 0.674. The molecule has 0 aliphatic carbocycles. The quantitative estimate of drug-likeness (QED) is 0.783. The Morgan fingerprint density at radius 3 is 3.00 bits per heavy atom. The molecule has 17 heavy (non-hydrogen) atoms. The molecule has 4 heteroatoms. The number of anilines is 2. The zero-order valence-corrected chi connectivity index (χ0v) is 12.0. The summed E-state index contributed by atoms with van der Waals surface area (Å²) in [5.41, 5.74) is 2.74. The molecular formula is C13H13BrN2S. The van der Waals surface area contributed by atoms with Crippen molar-refractivity contribution in [2.24, 2.45) is 5.92 Å². The van der Waals surface area contributed by atoms with E-state index in [0.29, 0.717) is 5.92 Å². The summed E-state index contributed by atoms with van der Waals surface area (Å²) in [7, 11) is 0. The smallest absolute Gasteiger partial charge is 0.190 e. The van der Waals surface area contributed by atoms with E-state index in [0.717, 1.165) is 16.3 Å². The van der Waals surface area contributed by atoms with Gasteiger partial charge in [-0.3, -0.25) is 0 Å². The molecule has 0 saturated heterocycles. The summed E-state index contributed by atoms with van der Waals surface area (Å²) in [6.07, 6.45) is 1.17. The minimum atomic E-state index is 0.674. The van der Waals surface area contributed by atoms with Crippen LogP contribution in [0.2, 0.25) is 0 Å². The third kappa shape index (κ3) is 2.11. The zero-order chi connectivity index (χ0) is 11.8. The lowest BCUT2D eigenvalue weighted by atomic mass is 9.94. The van der Waals surface area contributed by atoms with Crippen molar-refractivity contribution in [2.45, 2.75) is 13.3 Å². The first-order chi connectivity index (χ1) is 8.24. The Labute approximate surface area is 113 Å². The van der Waals surface area contributed by atoms with E-state index in [-0.39, 0.29) is 0 Å². The highest BCUT2D eigenvalue weighted by molar-refractivity contribution is 9.10. The van der Waals surface area contributed by atoms with Crippen LogP contribution in [0.5, 0.6) is 0 Å². The van der Waals surface area contributed by atoms with Gasteiger partial charge >= 0.3 is 0 Å². The third-order valence-electron chi connectivity index (χ3n) is 3.04. The van der Waals surface area contributed by atoms with Gasteiger partial charge in [0.25, 0.3) is 0 Å². The van der Waals surface area contributed by atoms with Crippen LogP contribution in [0.15, 0.2) is 34.2 Å². The molecule has 1 atom stereocenters. The summed E-state index contributed by atoms with van der Waals surface area (Å²) in [6.45, 7) is 3.35. The van der Waals surface area contributed by atoms with Gasteiger partial charge in [-0.25, -0.2) is 4.98 Å². The number of fused-ring (bicyclic) bond motifs is 1. The number of para-hydroxylation sites is 1. The van der Waals surface area contributed by atoms with E-state index in [4.69, 9.17) is 0 Å². The summed E-state index contributed by atoms with van der Waals surface area (Å²) < 4.78 is 0.924. The highest BCUT2D eigenvalue weighted by atomic mass is 79.9. The van der Waals surface area contributed by atoms with Crippen LogP contribution < -0.4 is 4.90 Å². The lowest BCUT2D eigenvalue weighted by Gasteiger charge is -2.32. The Morgan fingerprint density at radius 2 is 2.24 bits per heavy atom. The molecule has 2 heterocycles. The fourth-order valence-electron chi connectivity index (χ4n) is 2.35. The molecular weight excluding hydrogens is 296 g/mol. The number of benzene rings is 1. The molecule has 1 unspecified atom stereocenters. The largest absolute Gasteiger partial charge is 0.317 e. The van der Waals surface area contributed by atoms with Gasteiger partial charge in [0.1, 0.15) is 4.60 Å². The van der Waals surface area contributed by atoms with Crippen molar-refractivity contribution in [1.29, 1.82) is 0 Å². The zero-order valence-electron chi connectivity index (χ0n) is 9.56. The van der Waals surface area contributed by atoms with E-state index < -0.39 is 0 Å². The summed E-state index contributed by atoms with van der Waals surface area (Å²) in [6, 6.07) is 8.63. The normalized spacial score (nSPS) is 19.2. The van der Waals surface area contributed by atoms with Crippen LogP contribution in [0.25, 0.3) is 0 Å². The molecule has 1 aliphatic heterocycles. The van der Waals surface area contributed by atoms with Crippen molar-refractivity contribution in [3.63, 3.8) is 0 Å². The average molecular weight is 309 g/mol. The predicted octanol–water partition coefficient (Wildman–Crippen LogP) is 4.24. The van der Waals surface area contributed by atoms with E-state index in [1.807, 2.05) is 5.38 Å². The molecule has 0 fully saturated rings. The van der Waals surface area contributed by atoms with Gasteiger partial charge in [0.2, 0.25) is 0 Å². The fourth-order valence-corrected chi connectivity index (χ4v) is 3.62. The summed E-state index contributed by atoms with van der Waals surface area (Å²) >= 11 is 5.12. The summed E-state index contributed by atoms with van der Waals surface area (Å²) in [4.78, 5) is 6.86. The second-order valence-corrected chi connectivity index (χ2v) is 6.15. The van der Waals surface area contributed by atoms with Crippen molar-refractivity contribution in [2.75, 3.05) is 11.4 Å². The van der Waals surface area contributed by atoms with Crippen molar-refractivity contribution >= 4 is 38.1 Å². The molecule has 2 nitrogen and oxygen atoms in total. The van der Waals surface area contributed by atoms with Crippen molar-refractivity contribution in [3.05, 3.63) is 39.8 Å². The summed E-state index contributed by atoms with van der Waals surface area (Å²) in [5.74, 6) is 0.674. The number of halogens is 1. The van der Waals surface area contributed by atoms with E-state index >= 15 is 0 Å². The number of rotatable bonds is 1. The molecule has 2 aromatic rings. The number of hydrogen-bond donors (Lipinski definition) is 0. The average Bonchev–Trinajstić information content (AvgIpc) is 2.74. The van der Waals surface area contributed by atoms with E-state index in [1.165, 1.54) is 17.7 Å². The highest BCUT2D eigenvalue weighted by Crippen LogP contribution is 2.37. The molecule has 0 radical (unpaired) electrons. The third-order valence-corrected chi connectivity index (χ3v) is 4.61. The lowest BCUT2D eigenvalue weighted by Crippen LogP contribution is -2.30. The van der Waals surface area contributed by atoms with Crippen LogP contribution in [0.3, 0.4) is 0 Å². The van der Waals surface area contributed by atoms with Crippen LogP contribution in [-0.4, -0.2) is 11.5 Å². The molecule has 0 spiro atoms. The van der Waals surface area contributed by atoms with Crippen LogP contribution in [0.1, 0.15) is 12.5 Å². The Bertz CT molecular complexity index is 538. The van der Waals surface area contributed by atoms with Gasteiger partial charge in [0.15, 0.2) is 5.13 Å². The number of thiazole rings is 1. The maximum atomic E-state index is 4.53. The molecule has 0 saturated carbocycles. The van der Waals surface area contributed by atoms with Crippen LogP contribution in [-0.2, 0) is 6.42 Å². The Hall–Kier alpha value is -0.870.